The zero-order chi connectivity index (χ0) is 13.4. The van der Waals surface area contributed by atoms with E-state index in [9.17, 15) is 17.6 Å². The molecule has 0 radical (unpaired) electrons. The highest BCUT2D eigenvalue weighted by Crippen LogP contribution is 2.27. The van der Waals surface area contributed by atoms with Crippen molar-refractivity contribution in [1.29, 1.82) is 0 Å². The summed E-state index contributed by atoms with van der Waals surface area (Å²) >= 11 is 0. The van der Waals surface area contributed by atoms with Crippen molar-refractivity contribution < 1.29 is 22.7 Å². The Bertz CT molecular complexity index is 566. The summed E-state index contributed by atoms with van der Waals surface area (Å²) in [5, 5.41) is 13.8. The maximum absolute atomic E-state index is 13.7. The lowest BCUT2D eigenvalue weighted by Gasteiger charge is -2.20. The van der Waals surface area contributed by atoms with Crippen LogP contribution in [0.1, 0.15) is 19.4 Å². The molecule has 1 aromatic carbocycles. The van der Waals surface area contributed by atoms with Crippen LogP contribution in [-0.2, 0) is 20.2 Å². The normalized spacial score (nSPS) is 12.5. The van der Waals surface area contributed by atoms with Crippen molar-refractivity contribution in [2.75, 3.05) is 0 Å². The maximum atomic E-state index is 13.7. The molecule has 0 aliphatic carbocycles. The van der Waals surface area contributed by atoms with Gasteiger partial charge in [-0.1, -0.05) is 6.07 Å². The molecule has 0 amide bonds. The van der Waals surface area contributed by atoms with Gasteiger partial charge in [0.15, 0.2) is 0 Å². The van der Waals surface area contributed by atoms with E-state index in [2.05, 4.69) is 0 Å². The van der Waals surface area contributed by atoms with Crippen LogP contribution in [-0.4, -0.2) is 19.5 Å². The average Bonchev–Trinajstić information content (AvgIpc) is 2.15. The predicted octanol–water partition coefficient (Wildman–Crippen LogP) is 0.835. The number of sulfonamides is 1. The second-order valence-electron chi connectivity index (χ2n) is 4.12. The lowest BCUT2D eigenvalue weighted by atomic mass is 9.84. The van der Waals surface area contributed by atoms with Crippen molar-refractivity contribution in [3.63, 3.8) is 0 Å². The molecule has 0 aliphatic heterocycles. The third-order valence-electron chi connectivity index (χ3n) is 2.48. The summed E-state index contributed by atoms with van der Waals surface area (Å²) in [6, 6.07) is 2.91. The van der Waals surface area contributed by atoms with Gasteiger partial charge < -0.3 is 5.11 Å². The van der Waals surface area contributed by atoms with E-state index < -0.39 is 27.2 Å². The molecule has 0 spiro atoms. The van der Waals surface area contributed by atoms with Crippen molar-refractivity contribution >= 4 is 16.0 Å². The second-order valence-corrected chi connectivity index (χ2v) is 5.68. The minimum Gasteiger partial charge on any atom is -0.481 e. The Morgan fingerprint density at radius 3 is 2.29 bits per heavy atom. The van der Waals surface area contributed by atoms with Crippen LogP contribution in [0.2, 0.25) is 0 Å². The molecular weight excluding hydrogens is 249 g/mol. The summed E-state index contributed by atoms with van der Waals surface area (Å²) in [5.74, 6) is -2.12. The fourth-order valence-corrected chi connectivity index (χ4v) is 1.82. The lowest BCUT2D eigenvalue weighted by molar-refractivity contribution is -0.142. The number of hydrogen-bond acceptors (Lipinski definition) is 3. The van der Waals surface area contributed by atoms with Crippen molar-refractivity contribution in [3.8, 4) is 0 Å². The fourth-order valence-electron chi connectivity index (χ4n) is 1.29. The van der Waals surface area contributed by atoms with Gasteiger partial charge in [0, 0.05) is 5.56 Å². The molecular formula is C10H12FNO4S. The quantitative estimate of drug-likeness (QED) is 0.842. The van der Waals surface area contributed by atoms with Crippen LogP contribution >= 0.6 is 0 Å². The van der Waals surface area contributed by atoms with Crippen molar-refractivity contribution in [3.05, 3.63) is 29.6 Å². The van der Waals surface area contributed by atoms with Crippen LogP contribution in [0, 0.1) is 5.82 Å². The fraction of sp³-hybridized carbons (Fsp3) is 0.300. The van der Waals surface area contributed by atoms with E-state index in [-0.39, 0.29) is 10.5 Å². The molecule has 3 N–H and O–H groups in total. The minimum atomic E-state index is -4.00. The van der Waals surface area contributed by atoms with Crippen LogP contribution in [0.5, 0.6) is 0 Å². The van der Waals surface area contributed by atoms with Crippen LogP contribution in [0.3, 0.4) is 0 Å². The Hall–Kier alpha value is -1.47. The van der Waals surface area contributed by atoms with E-state index in [0.717, 1.165) is 18.2 Å². The summed E-state index contributed by atoms with van der Waals surface area (Å²) in [5.41, 5.74) is -1.54. The van der Waals surface area contributed by atoms with E-state index in [1.54, 1.807) is 0 Å². The Labute approximate surface area is 98.1 Å². The number of hydrogen-bond donors (Lipinski definition) is 2. The summed E-state index contributed by atoms with van der Waals surface area (Å²) in [6.45, 7) is 2.65. The van der Waals surface area contributed by atoms with Gasteiger partial charge in [-0.15, -0.1) is 0 Å². The number of carboxylic acids is 1. The van der Waals surface area contributed by atoms with Crippen LogP contribution < -0.4 is 5.14 Å². The second kappa shape index (κ2) is 4.08. The van der Waals surface area contributed by atoms with Gasteiger partial charge in [0.05, 0.1) is 10.3 Å². The molecule has 94 valence electrons. The molecule has 0 unspecified atom stereocenters. The Kier molecular flexibility index (Phi) is 3.26. The zero-order valence-corrected chi connectivity index (χ0v) is 10.1. The lowest BCUT2D eigenvalue weighted by Crippen LogP contribution is -2.29. The van der Waals surface area contributed by atoms with Gasteiger partial charge in [-0.25, -0.2) is 17.9 Å². The number of halogens is 1. The Morgan fingerprint density at radius 2 is 1.94 bits per heavy atom. The van der Waals surface area contributed by atoms with E-state index >= 15 is 0 Å². The monoisotopic (exact) mass is 261 g/mol. The molecule has 0 aromatic heterocycles. The molecule has 1 aromatic rings. The number of rotatable bonds is 3. The number of primary sulfonamides is 1. The first-order chi connectivity index (χ1) is 7.56. The van der Waals surface area contributed by atoms with E-state index in [1.807, 2.05) is 0 Å². The van der Waals surface area contributed by atoms with Gasteiger partial charge in [-0.2, -0.15) is 0 Å². The van der Waals surface area contributed by atoms with Gasteiger partial charge in [0.25, 0.3) is 0 Å². The predicted molar refractivity (Wildman–Crippen MR) is 58.4 cm³/mol. The number of carboxylic acid groups (broad SMARTS) is 1. The molecule has 0 saturated carbocycles. The van der Waals surface area contributed by atoms with Crippen LogP contribution in [0.15, 0.2) is 23.1 Å². The standard InChI is InChI=1S/C10H12FNO4S/c1-10(2,9(13)14)7-4-3-6(5-8(7)11)17(12,15)16/h3-5H,1-2H3,(H,13,14)(H2,12,15,16). The molecule has 17 heavy (non-hydrogen) atoms. The molecule has 0 atom stereocenters. The highest BCUT2D eigenvalue weighted by Gasteiger charge is 2.32. The molecule has 0 heterocycles. The molecule has 5 nitrogen and oxygen atoms in total. The molecule has 0 bridgehead atoms. The zero-order valence-electron chi connectivity index (χ0n) is 9.27. The number of aliphatic carboxylic acids is 1. The molecule has 0 aliphatic rings. The topological polar surface area (TPSA) is 97.5 Å². The number of carbonyl (C=O) groups is 1. The van der Waals surface area contributed by atoms with Crippen molar-refractivity contribution in [1.82, 2.24) is 0 Å². The summed E-state index contributed by atoms with van der Waals surface area (Å²) in [4.78, 5) is 10.6. The molecule has 0 saturated heterocycles. The third kappa shape index (κ3) is 2.62. The highest BCUT2D eigenvalue weighted by molar-refractivity contribution is 7.89. The number of benzene rings is 1. The summed E-state index contributed by atoms with van der Waals surface area (Å²) in [7, 11) is -4.00. The minimum absolute atomic E-state index is 0.0996. The van der Waals surface area contributed by atoms with Gasteiger partial charge in [-0.3, -0.25) is 4.79 Å². The SMILES string of the molecule is CC(C)(C(=O)O)c1ccc(S(N)(=O)=O)cc1F. The first-order valence-corrected chi connectivity index (χ1v) is 6.17. The average molecular weight is 261 g/mol. The Balaban J connectivity index is 3.39. The van der Waals surface area contributed by atoms with Crippen LogP contribution in [0.25, 0.3) is 0 Å². The largest absolute Gasteiger partial charge is 0.481 e. The highest BCUT2D eigenvalue weighted by atomic mass is 32.2. The third-order valence-corrected chi connectivity index (χ3v) is 3.39. The van der Waals surface area contributed by atoms with E-state index in [1.165, 1.54) is 13.8 Å². The molecule has 7 heteroatoms. The molecule has 0 fully saturated rings. The first kappa shape index (κ1) is 13.6. The van der Waals surface area contributed by atoms with Crippen molar-refractivity contribution in [2.24, 2.45) is 5.14 Å². The maximum Gasteiger partial charge on any atom is 0.313 e. The number of nitrogens with two attached hydrogens (primary N) is 1. The van der Waals surface area contributed by atoms with Gasteiger partial charge in [-0.05, 0) is 26.0 Å². The van der Waals surface area contributed by atoms with Crippen molar-refractivity contribution in [2.45, 2.75) is 24.2 Å². The molecule has 1 rings (SSSR count). The summed E-state index contributed by atoms with van der Waals surface area (Å²) < 4.78 is 35.6. The van der Waals surface area contributed by atoms with Gasteiger partial charge in [0.1, 0.15) is 5.82 Å². The first-order valence-electron chi connectivity index (χ1n) is 4.63. The summed E-state index contributed by atoms with van der Waals surface area (Å²) in [6.07, 6.45) is 0. The smallest absolute Gasteiger partial charge is 0.313 e. The van der Waals surface area contributed by atoms with Gasteiger partial charge in [0.2, 0.25) is 10.0 Å². The van der Waals surface area contributed by atoms with Crippen LogP contribution in [0.4, 0.5) is 4.39 Å². The van der Waals surface area contributed by atoms with E-state index in [0.29, 0.717) is 0 Å². The van der Waals surface area contributed by atoms with Gasteiger partial charge >= 0.3 is 5.97 Å². The van der Waals surface area contributed by atoms with E-state index in [4.69, 9.17) is 10.2 Å². The Morgan fingerprint density at radius 1 is 1.41 bits per heavy atom.